The molecule has 2 aromatic carbocycles. The summed E-state index contributed by atoms with van der Waals surface area (Å²) in [5.74, 6) is 0.965. The lowest BCUT2D eigenvalue weighted by molar-refractivity contribution is -1.02. The van der Waals surface area contributed by atoms with Crippen molar-refractivity contribution in [2.45, 2.75) is 33.0 Å². The number of ether oxygens (including phenoxy) is 1. The molecule has 0 saturated carbocycles. The van der Waals surface area contributed by atoms with E-state index in [2.05, 4.69) is 36.5 Å². The van der Waals surface area contributed by atoms with Crippen LogP contribution >= 0.6 is 0 Å². The van der Waals surface area contributed by atoms with Crippen molar-refractivity contribution >= 4 is 5.91 Å². The largest absolute Gasteiger partial charge is 0.497 e. The fraction of sp³-hybridized carbons (Fsp3) is 0.435. The van der Waals surface area contributed by atoms with Crippen LogP contribution in [-0.4, -0.2) is 45.2 Å². The smallest absolute Gasteiger partial charge is 0.278 e. The van der Waals surface area contributed by atoms with Crippen LogP contribution in [0.2, 0.25) is 0 Å². The van der Waals surface area contributed by atoms with E-state index in [9.17, 15) is 4.79 Å². The highest BCUT2D eigenvalue weighted by Crippen LogP contribution is 2.10. The summed E-state index contributed by atoms with van der Waals surface area (Å²) in [6.07, 6.45) is 0. The molecule has 150 valence electrons. The normalized spacial score (nSPS) is 20.4. The summed E-state index contributed by atoms with van der Waals surface area (Å²) in [5, 5.41) is 3.08. The van der Waals surface area contributed by atoms with Crippen LogP contribution in [0.25, 0.3) is 0 Å². The van der Waals surface area contributed by atoms with Gasteiger partial charge in [0.15, 0.2) is 6.04 Å². The van der Waals surface area contributed by atoms with Gasteiger partial charge < -0.3 is 19.9 Å². The highest BCUT2D eigenvalue weighted by molar-refractivity contribution is 5.79. The molecule has 3 N–H and O–H groups in total. The fourth-order valence-electron chi connectivity index (χ4n) is 3.88. The first-order valence-electron chi connectivity index (χ1n) is 10.2. The van der Waals surface area contributed by atoms with E-state index in [1.165, 1.54) is 16.0 Å². The molecule has 0 aliphatic carbocycles. The second kappa shape index (κ2) is 9.71. The minimum atomic E-state index is -0.0155. The van der Waals surface area contributed by atoms with Crippen LogP contribution in [0.15, 0.2) is 48.5 Å². The van der Waals surface area contributed by atoms with Crippen molar-refractivity contribution in [3.63, 3.8) is 0 Å². The van der Waals surface area contributed by atoms with Crippen molar-refractivity contribution in [1.29, 1.82) is 0 Å². The number of hydrogen-bond acceptors (Lipinski definition) is 2. The Morgan fingerprint density at radius 3 is 2.39 bits per heavy atom. The summed E-state index contributed by atoms with van der Waals surface area (Å²) < 4.78 is 5.17. The van der Waals surface area contributed by atoms with E-state index in [1.54, 1.807) is 12.0 Å². The molecule has 1 saturated heterocycles. The van der Waals surface area contributed by atoms with Crippen molar-refractivity contribution in [3.05, 3.63) is 65.2 Å². The molecule has 0 spiro atoms. The predicted octanol–water partition coefficient (Wildman–Crippen LogP) is -0.00808. The van der Waals surface area contributed by atoms with Crippen LogP contribution in [0.5, 0.6) is 5.75 Å². The number of nitrogens with one attached hydrogen (secondary N) is 3. The summed E-state index contributed by atoms with van der Waals surface area (Å²) in [6.45, 7) is 10.2. The number of rotatable bonds is 7. The van der Waals surface area contributed by atoms with Gasteiger partial charge in [-0.3, -0.25) is 4.79 Å². The molecule has 0 aromatic heterocycles. The lowest BCUT2D eigenvalue weighted by Crippen LogP contribution is -3.29. The minimum Gasteiger partial charge on any atom is -0.497 e. The zero-order valence-corrected chi connectivity index (χ0v) is 17.3. The van der Waals surface area contributed by atoms with E-state index in [4.69, 9.17) is 4.74 Å². The molecular weight excluding hydrogens is 350 g/mol. The molecule has 1 heterocycles. The Morgan fingerprint density at radius 1 is 1.07 bits per heavy atom. The first-order chi connectivity index (χ1) is 13.6. The maximum absolute atomic E-state index is 12.6. The molecule has 1 fully saturated rings. The van der Waals surface area contributed by atoms with Gasteiger partial charge in [-0.05, 0) is 37.1 Å². The number of carbonyl (C=O) groups is 1. The minimum absolute atomic E-state index is 0.0155. The van der Waals surface area contributed by atoms with Gasteiger partial charge >= 0.3 is 0 Å². The average molecular weight is 384 g/mol. The maximum atomic E-state index is 12.6. The molecule has 5 nitrogen and oxygen atoms in total. The quantitative estimate of drug-likeness (QED) is 0.630. The number of quaternary nitrogens is 2. The second-order valence-electron chi connectivity index (χ2n) is 7.80. The highest BCUT2D eigenvalue weighted by Gasteiger charge is 2.30. The number of benzene rings is 2. The van der Waals surface area contributed by atoms with E-state index in [0.29, 0.717) is 6.54 Å². The Kier molecular flexibility index (Phi) is 7.06. The Morgan fingerprint density at radius 2 is 1.75 bits per heavy atom. The van der Waals surface area contributed by atoms with Crippen molar-refractivity contribution in [2.75, 3.05) is 33.3 Å². The summed E-state index contributed by atoms with van der Waals surface area (Å²) in [6, 6.07) is 16.5. The molecule has 28 heavy (non-hydrogen) atoms. The average Bonchev–Trinajstić information content (AvgIpc) is 2.74. The molecule has 1 aliphatic rings. The fourth-order valence-corrected chi connectivity index (χ4v) is 3.88. The molecular formula is C23H33N3O2+2. The number of piperazine rings is 1. The molecule has 1 amide bonds. The molecule has 0 bridgehead atoms. The zero-order chi connectivity index (χ0) is 19.9. The van der Waals surface area contributed by atoms with Gasteiger partial charge in [0.2, 0.25) is 0 Å². The number of methoxy groups -OCH3 is 1. The third kappa shape index (κ3) is 5.33. The van der Waals surface area contributed by atoms with E-state index in [-0.39, 0.29) is 11.9 Å². The third-order valence-electron chi connectivity index (χ3n) is 5.93. The standard InChI is InChI=1S/C23H31N3O2/c1-18-6-4-5-7-21(18)17-25-12-14-26(15-13-25)19(2)23(27)24-16-20-8-10-22(28-3)11-9-20/h4-11,19H,12-17H2,1-3H3,(H,24,27)/p+2/t19-/m1/s1. The van der Waals surface area contributed by atoms with Crippen molar-refractivity contribution in [3.8, 4) is 5.75 Å². The van der Waals surface area contributed by atoms with E-state index in [1.807, 2.05) is 31.2 Å². The number of hydrogen-bond donors (Lipinski definition) is 3. The molecule has 3 rings (SSSR count). The predicted molar refractivity (Wildman–Crippen MR) is 111 cm³/mol. The highest BCUT2D eigenvalue weighted by atomic mass is 16.5. The lowest BCUT2D eigenvalue weighted by atomic mass is 10.1. The number of amides is 1. The van der Waals surface area contributed by atoms with Gasteiger partial charge in [-0.15, -0.1) is 0 Å². The van der Waals surface area contributed by atoms with E-state index in [0.717, 1.165) is 44.0 Å². The van der Waals surface area contributed by atoms with Crippen LogP contribution < -0.4 is 19.9 Å². The Bertz CT molecular complexity index is 768. The third-order valence-corrected chi connectivity index (χ3v) is 5.93. The van der Waals surface area contributed by atoms with Gasteiger partial charge in [0.1, 0.15) is 38.5 Å². The van der Waals surface area contributed by atoms with Gasteiger partial charge in [0.25, 0.3) is 5.91 Å². The maximum Gasteiger partial charge on any atom is 0.278 e. The second-order valence-corrected chi connectivity index (χ2v) is 7.80. The molecule has 0 radical (unpaired) electrons. The number of carbonyl (C=O) groups excluding carboxylic acids is 1. The van der Waals surface area contributed by atoms with Gasteiger partial charge in [-0.2, -0.15) is 0 Å². The van der Waals surface area contributed by atoms with E-state index < -0.39 is 0 Å². The zero-order valence-electron chi connectivity index (χ0n) is 17.3. The lowest BCUT2D eigenvalue weighted by Gasteiger charge is -2.32. The van der Waals surface area contributed by atoms with Crippen LogP contribution in [0, 0.1) is 6.92 Å². The van der Waals surface area contributed by atoms with Crippen LogP contribution in [0.1, 0.15) is 23.6 Å². The van der Waals surface area contributed by atoms with Crippen LogP contribution in [-0.2, 0) is 17.9 Å². The van der Waals surface area contributed by atoms with Gasteiger partial charge in [-0.1, -0.05) is 36.4 Å². The van der Waals surface area contributed by atoms with Crippen molar-refractivity contribution in [2.24, 2.45) is 0 Å². The Hall–Kier alpha value is -2.37. The first kappa shape index (κ1) is 20.4. The number of aryl methyl sites for hydroxylation is 1. The summed E-state index contributed by atoms with van der Waals surface area (Å²) in [5.41, 5.74) is 3.89. The molecule has 2 aromatic rings. The molecule has 1 atom stereocenters. The monoisotopic (exact) mass is 383 g/mol. The Balaban J connectivity index is 1.44. The van der Waals surface area contributed by atoms with Crippen LogP contribution in [0.3, 0.4) is 0 Å². The summed E-state index contributed by atoms with van der Waals surface area (Å²) in [7, 11) is 1.66. The Labute approximate surface area is 168 Å². The van der Waals surface area contributed by atoms with E-state index >= 15 is 0 Å². The topological polar surface area (TPSA) is 47.2 Å². The molecule has 5 heteroatoms. The van der Waals surface area contributed by atoms with Crippen molar-refractivity contribution < 1.29 is 19.3 Å². The SMILES string of the molecule is COc1ccc(CNC(=O)[C@@H](C)[NH+]2CC[NH+](Cc3ccccc3C)CC2)cc1. The van der Waals surface area contributed by atoms with Gasteiger partial charge in [0, 0.05) is 12.1 Å². The summed E-state index contributed by atoms with van der Waals surface area (Å²) >= 11 is 0. The molecule has 1 aliphatic heterocycles. The van der Waals surface area contributed by atoms with Crippen molar-refractivity contribution in [1.82, 2.24) is 5.32 Å². The van der Waals surface area contributed by atoms with Gasteiger partial charge in [-0.25, -0.2) is 0 Å². The molecule has 0 unspecified atom stereocenters. The van der Waals surface area contributed by atoms with Gasteiger partial charge in [0.05, 0.1) is 7.11 Å². The summed E-state index contributed by atoms with van der Waals surface area (Å²) in [4.78, 5) is 15.6. The van der Waals surface area contributed by atoms with Crippen LogP contribution in [0.4, 0.5) is 0 Å². The first-order valence-corrected chi connectivity index (χ1v) is 10.2.